The normalized spacial score (nSPS) is 20.2. The Labute approximate surface area is 224 Å². The predicted octanol–water partition coefficient (Wildman–Crippen LogP) is 5.24. The molecule has 2 aliphatic heterocycles. The van der Waals surface area contributed by atoms with Crippen molar-refractivity contribution in [2.75, 3.05) is 31.1 Å². The van der Waals surface area contributed by atoms with Crippen molar-refractivity contribution in [1.29, 1.82) is 0 Å². The van der Waals surface area contributed by atoms with Crippen molar-refractivity contribution in [3.8, 4) is 5.88 Å². The van der Waals surface area contributed by atoms with Gasteiger partial charge in [-0.25, -0.2) is 0 Å². The number of nitrogens with zero attached hydrogens (tertiary/aromatic N) is 4. The molecule has 7 nitrogen and oxygen atoms in total. The number of anilines is 1. The Balaban J connectivity index is 1.45. The fraction of sp³-hybridized carbons (Fsp3) is 0.308. The van der Waals surface area contributed by atoms with E-state index in [-0.39, 0.29) is 29.1 Å². The van der Waals surface area contributed by atoms with Crippen LogP contribution >= 0.6 is 22.9 Å². The van der Waals surface area contributed by atoms with Gasteiger partial charge in [0.25, 0.3) is 0 Å². The summed E-state index contributed by atoms with van der Waals surface area (Å²) in [5.74, 6) is -0.235. The lowest BCUT2D eigenvalue weighted by Gasteiger charge is -2.33. The number of likely N-dealkylation sites (tertiary alicyclic amines) is 1. The maximum Gasteiger partial charge on any atom is 0.417 e. The minimum atomic E-state index is -4.62. The van der Waals surface area contributed by atoms with E-state index >= 15 is 0 Å². The van der Waals surface area contributed by atoms with Gasteiger partial charge in [0.15, 0.2) is 5.13 Å². The number of alkyl halides is 3. The Bertz CT molecular complexity index is 1530. The number of hydrogen-bond donors (Lipinski definition) is 3. The third-order valence-electron chi connectivity index (χ3n) is 7.20. The first-order valence-corrected chi connectivity index (χ1v) is 13.2. The maximum absolute atomic E-state index is 13.9. The number of fused-ring (bicyclic) bond motifs is 3. The minimum Gasteiger partial charge on any atom is -0.492 e. The zero-order chi connectivity index (χ0) is 26.6. The van der Waals surface area contributed by atoms with Crippen LogP contribution in [0.5, 0.6) is 5.88 Å². The molecule has 2 atom stereocenters. The lowest BCUT2D eigenvalue weighted by atomic mass is 9.98. The van der Waals surface area contributed by atoms with Gasteiger partial charge >= 0.3 is 6.18 Å². The van der Waals surface area contributed by atoms with Crippen molar-refractivity contribution in [1.82, 2.24) is 20.1 Å². The minimum absolute atomic E-state index is 0.0157. The highest BCUT2D eigenvalue weighted by molar-refractivity contribution is 7.17. The molecule has 3 N–H and O–H groups in total. The molecule has 2 aromatic carbocycles. The van der Waals surface area contributed by atoms with E-state index in [0.29, 0.717) is 40.3 Å². The number of halogens is 4. The molecule has 198 valence electrons. The summed E-state index contributed by atoms with van der Waals surface area (Å²) in [5.41, 5.74) is 0.874. The Kier molecular flexibility index (Phi) is 6.34. The first-order chi connectivity index (χ1) is 18.2. The molecule has 2 saturated heterocycles. The van der Waals surface area contributed by atoms with E-state index in [1.165, 1.54) is 29.5 Å². The molecule has 4 heterocycles. The van der Waals surface area contributed by atoms with Gasteiger partial charge in [-0.1, -0.05) is 35.1 Å². The summed E-state index contributed by atoms with van der Waals surface area (Å²) in [7, 11) is 0. The second-order valence-electron chi connectivity index (χ2n) is 9.52. The number of aromatic nitrogens is 3. The van der Waals surface area contributed by atoms with Crippen molar-refractivity contribution in [3.05, 3.63) is 69.2 Å². The average Bonchev–Trinajstić information content (AvgIpc) is 3.66. The van der Waals surface area contributed by atoms with Gasteiger partial charge in [-0.2, -0.15) is 23.3 Å². The van der Waals surface area contributed by atoms with Crippen molar-refractivity contribution < 1.29 is 23.4 Å². The van der Waals surface area contributed by atoms with Gasteiger partial charge in [0.05, 0.1) is 23.9 Å². The molecule has 0 spiro atoms. The van der Waals surface area contributed by atoms with E-state index in [2.05, 4.69) is 25.0 Å². The van der Waals surface area contributed by atoms with Gasteiger partial charge in [-0.3, -0.25) is 10.00 Å². The quantitative estimate of drug-likeness (QED) is 0.279. The van der Waals surface area contributed by atoms with Crippen LogP contribution in [0.2, 0.25) is 5.02 Å². The molecule has 38 heavy (non-hydrogen) atoms. The number of aliphatic hydroxyl groups excluding tert-OH is 1. The zero-order valence-electron chi connectivity index (χ0n) is 19.9. The number of β-amino-alcohol motifs (C(OH)–C–C–N with tert-alkyl or cyclic N) is 1. The van der Waals surface area contributed by atoms with E-state index in [1.54, 1.807) is 18.3 Å². The van der Waals surface area contributed by atoms with E-state index in [0.717, 1.165) is 29.9 Å². The van der Waals surface area contributed by atoms with E-state index in [4.69, 9.17) is 11.6 Å². The lowest BCUT2D eigenvalue weighted by Crippen LogP contribution is -2.47. The molecule has 12 heteroatoms. The van der Waals surface area contributed by atoms with E-state index in [1.807, 2.05) is 6.07 Å². The van der Waals surface area contributed by atoms with Crippen LogP contribution in [-0.4, -0.2) is 68.6 Å². The fourth-order valence-corrected chi connectivity index (χ4v) is 6.68. The summed E-state index contributed by atoms with van der Waals surface area (Å²) in [6.45, 7) is 2.23. The third-order valence-corrected chi connectivity index (χ3v) is 8.55. The van der Waals surface area contributed by atoms with Crippen LogP contribution in [0.15, 0.2) is 42.6 Å². The fourth-order valence-electron chi connectivity index (χ4n) is 5.43. The molecule has 0 amide bonds. The van der Waals surface area contributed by atoms with Crippen molar-refractivity contribution in [2.24, 2.45) is 0 Å². The molecule has 4 aromatic rings. The second-order valence-corrected chi connectivity index (χ2v) is 10.9. The summed E-state index contributed by atoms with van der Waals surface area (Å²) in [4.78, 5) is 9.21. The van der Waals surface area contributed by atoms with Crippen LogP contribution in [0.4, 0.5) is 18.3 Å². The van der Waals surface area contributed by atoms with Crippen LogP contribution in [0.25, 0.3) is 22.6 Å². The maximum atomic E-state index is 13.9. The summed E-state index contributed by atoms with van der Waals surface area (Å²) < 4.78 is 41.8. The molecule has 2 aliphatic rings. The van der Waals surface area contributed by atoms with Gasteiger partial charge in [-0.05, 0) is 47.9 Å². The van der Waals surface area contributed by atoms with Gasteiger partial charge in [0.2, 0.25) is 5.88 Å². The number of nitrogens with one attached hydrogen (secondary N) is 1. The number of piperazine rings is 1. The first-order valence-electron chi connectivity index (χ1n) is 12.0. The van der Waals surface area contributed by atoms with E-state index < -0.39 is 11.7 Å². The monoisotopic (exact) mass is 561 g/mol. The molecule has 2 fully saturated rings. The highest BCUT2D eigenvalue weighted by Gasteiger charge is 2.44. The molecular formula is C26H23ClF3N5O2S. The molecular weight excluding hydrogens is 539 g/mol. The number of aliphatic hydroxyl groups is 1. The van der Waals surface area contributed by atoms with Gasteiger partial charge in [0.1, 0.15) is 4.88 Å². The summed E-state index contributed by atoms with van der Waals surface area (Å²) in [6.07, 6.45) is -0.616. The summed E-state index contributed by atoms with van der Waals surface area (Å²) >= 11 is 7.16. The van der Waals surface area contributed by atoms with Crippen molar-refractivity contribution >= 4 is 50.6 Å². The van der Waals surface area contributed by atoms with Crippen LogP contribution in [0, 0.1) is 0 Å². The number of benzene rings is 2. The number of rotatable bonds is 6. The van der Waals surface area contributed by atoms with Crippen molar-refractivity contribution in [3.63, 3.8) is 0 Å². The topological polar surface area (TPSA) is 88.5 Å². The first kappa shape index (κ1) is 25.2. The molecule has 2 bridgehead atoms. The zero-order valence-corrected chi connectivity index (χ0v) is 21.5. The molecule has 2 unspecified atom stereocenters. The highest BCUT2D eigenvalue weighted by Crippen LogP contribution is 2.44. The summed E-state index contributed by atoms with van der Waals surface area (Å²) in [6, 6.07) is 9.53. The number of thiazole rings is 1. The number of aromatic amines is 1. The Hall–Kier alpha value is -3.12. The van der Waals surface area contributed by atoms with Crippen LogP contribution in [0.1, 0.15) is 28.0 Å². The second kappa shape index (κ2) is 9.57. The number of aromatic hydroxyl groups is 1. The number of hydrogen-bond acceptors (Lipinski definition) is 7. The average molecular weight is 562 g/mol. The van der Waals surface area contributed by atoms with Gasteiger partial charge in [0, 0.05) is 47.7 Å². The molecule has 0 aliphatic carbocycles. The van der Waals surface area contributed by atoms with Gasteiger partial charge in [-0.15, -0.1) is 0 Å². The SMILES string of the molecule is OCCN1CC2CC1CN2c1nc(O)c(C(=Cc2ccc(Cl)cc2C(F)(F)F)c2ccc3[nH]ncc3c2)s1. The van der Waals surface area contributed by atoms with Crippen LogP contribution in [0.3, 0.4) is 0 Å². The third kappa shape index (κ3) is 4.53. The molecule has 0 saturated carbocycles. The largest absolute Gasteiger partial charge is 0.492 e. The van der Waals surface area contributed by atoms with Gasteiger partial charge < -0.3 is 15.1 Å². The van der Waals surface area contributed by atoms with E-state index in [9.17, 15) is 23.4 Å². The van der Waals surface area contributed by atoms with Crippen LogP contribution in [-0.2, 0) is 6.18 Å². The molecule has 2 aromatic heterocycles. The summed E-state index contributed by atoms with van der Waals surface area (Å²) in [5, 5.41) is 28.6. The van der Waals surface area contributed by atoms with Crippen LogP contribution < -0.4 is 4.90 Å². The Morgan fingerprint density at radius 2 is 2.03 bits per heavy atom. The highest BCUT2D eigenvalue weighted by atomic mass is 35.5. The smallest absolute Gasteiger partial charge is 0.417 e. The predicted molar refractivity (Wildman–Crippen MR) is 141 cm³/mol. The Morgan fingerprint density at radius 1 is 1.18 bits per heavy atom. The molecule has 6 rings (SSSR count). The lowest BCUT2D eigenvalue weighted by molar-refractivity contribution is -0.137. The Morgan fingerprint density at radius 3 is 2.76 bits per heavy atom. The number of H-pyrrole nitrogens is 1. The molecule has 0 radical (unpaired) electrons. The standard InChI is InChI=1S/C26H23ClF3N5O2S/c27-17-3-1-15(21(9-17)26(28,29)30)8-20(14-2-4-22-16(7-14)11-31-33-22)23-24(37)32-25(38-23)35-13-18-10-19(35)12-34(18)5-6-36/h1-4,7-9,11,18-19,36-37H,5-6,10,12-13H2,(H,31,33). The van der Waals surface area contributed by atoms with Crippen molar-refractivity contribution in [2.45, 2.75) is 24.7 Å².